The summed E-state index contributed by atoms with van der Waals surface area (Å²) in [6, 6.07) is 8.09. The molecule has 2 rings (SSSR count). The Balaban J connectivity index is 2.23. The number of carboxylic acid groups (broad SMARTS) is 2. The van der Waals surface area contributed by atoms with Gasteiger partial charge in [-0.25, -0.2) is 0 Å². The Kier molecular flexibility index (Phi) is 4.36. The van der Waals surface area contributed by atoms with Crippen molar-refractivity contribution in [3.63, 3.8) is 0 Å². The minimum Gasteiger partial charge on any atom is -0.481 e. The number of rotatable bonds is 4. The number of likely N-dealkylation sites (tertiary alicyclic amines) is 1. The third-order valence-electron chi connectivity index (χ3n) is 3.54. The van der Waals surface area contributed by atoms with Crippen molar-refractivity contribution in [1.82, 2.24) is 4.90 Å². The molecule has 6 nitrogen and oxygen atoms in total. The van der Waals surface area contributed by atoms with Crippen LogP contribution in [0.15, 0.2) is 30.3 Å². The van der Waals surface area contributed by atoms with E-state index >= 15 is 0 Å². The van der Waals surface area contributed by atoms with Crippen molar-refractivity contribution in [1.29, 1.82) is 0 Å². The Hall–Kier alpha value is -1.92. The van der Waals surface area contributed by atoms with E-state index in [2.05, 4.69) is 0 Å². The van der Waals surface area contributed by atoms with Gasteiger partial charge in [-0.3, -0.25) is 14.5 Å². The van der Waals surface area contributed by atoms with Crippen molar-refractivity contribution in [2.24, 2.45) is 5.92 Å². The summed E-state index contributed by atoms with van der Waals surface area (Å²) in [7, 11) is 0. The van der Waals surface area contributed by atoms with E-state index in [-0.39, 0.29) is 13.0 Å². The van der Waals surface area contributed by atoms with Crippen molar-refractivity contribution in [3.05, 3.63) is 35.9 Å². The fraction of sp³-hybridized carbons (Fsp3) is 0.429. The van der Waals surface area contributed by atoms with Gasteiger partial charge in [0.25, 0.3) is 0 Å². The number of hydrogen-bond donors (Lipinski definition) is 3. The zero-order valence-corrected chi connectivity index (χ0v) is 10.8. The Labute approximate surface area is 116 Å². The lowest BCUT2D eigenvalue weighted by Crippen LogP contribution is -2.56. The van der Waals surface area contributed by atoms with Crippen LogP contribution in [0.25, 0.3) is 0 Å². The van der Waals surface area contributed by atoms with E-state index in [0.29, 0.717) is 6.54 Å². The van der Waals surface area contributed by atoms with Gasteiger partial charge >= 0.3 is 11.9 Å². The van der Waals surface area contributed by atoms with E-state index in [1.54, 1.807) is 0 Å². The summed E-state index contributed by atoms with van der Waals surface area (Å²) in [5.41, 5.74) is 0.886. The van der Waals surface area contributed by atoms with E-state index in [1.165, 1.54) is 4.90 Å². The van der Waals surface area contributed by atoms with Crippen molar-refractivity contribution in [3.8, 4) is 0 Å². The van der Waals surface area contributed by atoms with E-state index in [4.69, 9.17) is 5.11 Å². The van der Waals surface area contributed by atoms with Crippen molar-refractivity contribution in [2.75, 3.05) is 6.54 Å². The Morgan fingerprint density at radius 1 is 1.15 bits per heavy atom. The molecule has 0 bridgehead atoms. The smallest absolute Gasteiger partial charge is 0.321 e. The van der Waals surface area contributed by atoms with E-state index in [9.17, 15) is 19.8 Å². The summed E-state index contributed by atoms with van der Waals surface area (Å²) in [5, 5.41) is 28.2. The minimum atomic E-state index is -1.19. The Bertz CT molecular complexity index is 490. The maximum absolute atomic E-state index is 11.4. The highest BCUT2D eigenvalue weighted by Gasteiger charge is 2.43. The van der Waals surface area contributed by atoms with Crippen LogP contribution in [-0.2, 0) is 16.1 Å². The molecular formula is C14H17NO5. The molecule has 1 heterocycles. The fourth-order valence-electron chi connectivity index (χ4n) is 2.68. The number of β-amino-alcohol motifs (C(OH)–C–C–N with tert-alkyl or cyclic N) is 1. The molecule has 0 saturated carbocycles. The van der Waals surface area contributed by atoms with Crippen LogP contribution in [0.1, 0.15) is 12.0 Å². The van der Waals surface area contributed by atoms with Gasteiger partial charge in [0.2, 0.25) is 0 Å². The first kappa shape index (κ1) is 14.5. The third kappa shape index (κ3) is 3.15. The highest BCUT2D eigenvalue weighted by atomic mass is 16.4. The number of carboxylic acids is 2. The summed E-state index contributed by atoms with van der Waals surface area (Å²) in [5.74, 6) is -3.45. The highest BCUT2D eigenvalue weighted by Crippen LogP contribution is 2.26. The van der Waals surface area contributed by atoms with E-state index in [1.807, 2.05) is 30.3 Å². The molecule has 1 aromatic carbocycles. The van der Waals surface area contributed by atoms with Gasteiger partial charge in [0.1, 0.15) is 6.04 Å². The van der Waals surface area contributed by atoms with Gasteiger partial charge in [-0.15, -0.1) is 0 Å². The van der Waals surface area contributed by atoms with Gasteiger partial charge in [0.05, 0.1) is 12.0 Å². The highest BCUT2D eigenvalue weighted by molar-refractivity contribution is 5.83. The predicted octanol–water partition coefficient (Wildman–Crippen LogP) is 0.407. The lowest BCUT2D eigenvalue weighted by atomic mass is 9.87. The number of aliphatic carboxylic acids is 2. The molecule has 0 amide bonds. The fourth-order valence-corrected chi connectivity index (χ4v) is 2.68. The first-order chi connectivity index (χ1) is 9.49. The zero-order valence-electron chi connectivity index (χ0n) is 10.8. The maximum atomic E-state index is 11.4. The minimum absolute atomic E-state index is 0.0302. The second-order valence-electron chi connectivity index (χ2n) is 5.03. The van der Waals surface area contributed by atoms with Crippen LogP contribution < -0.4 is 0 Å². The van der Waals surface area contributed by atoms with Crippen LogP contribution in [-0.4, -0.2) is 50.8 Å². The van der Waals surface area contributed by atoms with Crippen LogP contribution in [0.3, 0.4) is 0 Å². The van der Waals surface area contributed by atoms with Crippen molar-refractivity contribution < 1.29 is 24.9 Å². The van der Waals surface area contributed by atoms with Gasteiger partial charge in [-0.05, 0) is 12.0 Å². The van der Waals surface area contributed by atoms with Crippen LogP contribution >= 0.6 is 0 Å². The van der Waals surface area contributed by atoms with E-state index < -0.39 is 30.0 Å². The van der Waals surface area contributed by atoms with Gasteiger partial charge < -0.3 is 15.3 Å². The van der Waals surface area contributed by atoms with Crippen molar-refractivity contribution >= 4 is 11.9 Å². The van der Waals surface area contributed by atoms with Crippen LogP contribution in [0, 0.1) is 5.92 Å². The van der Waals surface area contributed by atoms with Gasteiger partial charge in [-0.1, -0.05) is 30.3 Å². The molecule has 1 aliphatic heterocycles. The molecule has 1 saturated heterocycles. The molecule has 20 heavy (non-hydrogen) atoms. The number of piperidine rings is 1. The molecule has 0 aromatic heterocycles. The molecule has 3 N–H and O–H groups in total. The standard InChI is InChI=1S/C14H17NO5/c16-10-6-11(13(17)18)12(14(19)20)15(8-10)7-9-4-2-1-3-5-9/h1-5,10-12,16H,6-8H2,(H,17,18)(H,19,20)/t10-,11+,12+/m1/s1. The summed E-state index contributed by atoms with van der Waals surface area (Å²) in [6.07, 6.45) is -0.854. The van der Waals surface area contributed by atoms with E-state index in [0.717, 1.165) is 5.56 Å². The second kappa shape index (κ2) is 6.02. The average Bonchev–Trinajstić information content (AvgIpc) is 2.38. The molecule has 0 aliphatic carbocycles. The summed E-state index contributed by atoms with van der Waals surface area (Å²) in [6.45, 7) is 0.467. The Morgan fingerprint density at radius 2 is 1.80 bits per heavy atom. The number of aliphatic hydroxyl groups is 1. The number of carbonyl (C=O) groups is 2. The molecule has 0 unspecified atom stereocenters. The lowest BCUT2D eigenvalue weighted by molar-refractivity contribution is -0.162. The lowest BCUT2D eigenvalue weighted by Gasteiger charge is -2.39. The zero-order chi connectivity index (χ0) is 14.7. The molecule has 6 heteroatoms. The predicted molar refractivity (Wildman–Crippen MR) is 70.0 cm³/mol. The quantitative estimate of drug-likeness (QED) is 0.738. The number of benzene rings is 1. The topological polar surface area (TPSA) is 98.1 Å². The van der Waals surface area contributed by atoms with Gasteiger partial charge in [-0.2, -0.15) is 0 Å². The Morgan fingerprint density at radius 3 is 2.35 bits per heavy atom. The first-order valence-electron chi connectivity index (χ1n) is 6.40. The summed E-state index contributed by atoms with van der Waals surface area (Å²) >= 11 is 0. The maximum Gasteiger partial charge on any atom is 0.321 e. The summed E-state index contributed by atoms with van der Waals surface area (Å²) in [4.78, 5) is 24.1. The number of nitrogens with zero attached hydrogens (tertiary/aromatic N) is 1. The molecule has 1 fully saturated rings. The monoisotopic (exact) mass is 279 g/mol. The van der Waals surface area contributed by atoms with Crippen LogP contribution in [0.5, 0.6) is 0 Å². The molecule has 0 radical (unpaired) electrons. The van der Waals surface area contributed by atoms with Crippen molar-refractivity contribution in [2.45, 2.75) is 25.1 Å². The molecule has 0 spiro atoms. The summed E-state index contributed by atoms with van der Waals surface area (Å²) < 4.78 is 0. The second-order valence-corrected chi connectivity index (χ2v) is 5.03. The largest absolute Gasteiger partial charge is 0.481 e. The third-order valence-corrected chi connectivity index (χ3v) is 3.54. The number of aliphatic hydroxyl groups excluding tert-OH is 1. The average molecular weight is 279 g/mol. The molecule has 1 aromatic rings. The molecule has 1 aliphatic rings. The molecule has 108 valence electrons. The molecule has 3 atom stereocenters. The normalized spacial score (nSPS) is 27.1. The van der Waals surface area contributed by atoms with Crippen LogP contribution in [0.2, 0.25) is 0 Å². The van der Waals surface area contributed by atoms with Crippen LogP contribution in [0.4, 0.5) is 0 Å². The number of hydrogen-bond acceptors (Lipinski definition) is 4. The first-order valence-corrected chi connectivity index (χ1v) is 6.40. The van der Waals surface area contributed by atoms with Gasteiger partial charge in [0, 0.05) is 13.1 Å². The molecular weight excluding hydrogens is 262 g/mol. The SMILES string of the molecule is O=C(O)[C@H]1C[C@@H](O)CN(Cc2ccccc2)[C@@H]1C(=O)O. The van der Waals surface area contributed by atoms with Gasteiger partial charge in [0.15, 0.2) is 0 Å².